The van der Waals surface area contributed by atoms with Crippen LogP contribution in [0.5, 0.6) is 0 Å². The second-order valence-electron chi connectivity index (χ2n) is 4.23. The highest BCUT2D eigenvalue weighted by Gasteiger charge is 2.37. The van der Waals surface area contributed by atoms with Crippen LogP contribution in [-0.4, -0.2) is 20.8 Å². The minimum atomic E-state index is 0.0855. The number of fused-ring (bicyclic) bond motifs is 1. The Morgan fingerprint density at radius 3 is 2.37 bits per heavy atom. The third kappa shape index (κ3) is 2.16. The smallest absolute Gasteiger partial charge is 0.163 e. The van der Waals surface area contributed by atoms with Gasteiger partial charge in [0.25, 0.3) is 0 Å². The second-order valence-corrected chi connectivity index (χ2v) is 7.74. The lowest BCUT2D eigenvalue weighted by Gasteiger charge is -2.03. The first-order valence-corrected chi connectivity index (χ1v) is 8.62. The molecule has 19 heavy (non-hydrogen) atoms. The van der Waals surface area contributed by atoms with Crippen LogP contribution in [0, 0.1) is 0 Å². The zero-order valence-corrected chi connectivity index (χ0v) is 12.3. The van der Waals surface area contributed by atoms with Gasteiger partial charge in [0.1, 0.15) is 14.7 Å². The maximum Gasteiger partial charge on any atom is 0.163 e. The molecule has 0 saturated heterocycles. The summed E-state index contributed by atoms with van der Waals surface area (Å²) in [7, 11) is 0. The van der Waals surface area contributed by atoms with E-state index in [-0.39, 0.29) is 6.17 Å². The molecule has 1 aromatic carbocycles. The van der Waals surface area contributed by atoms with Crippen LogP contribution >= 0.6 is 34.9 Å². The van der Waals surface area contributed by atoms with Crippen molar-refractivity contribution < 1.29 is 0 Å². The van der Waals surface area contributed by atoms with Crippen molar-refractivity contribution >= 4 is 44.9 Å². The van der Waals surface area contributed by atoms with E-state index >= 15 is 0 Å². The minimum Gasteiger partial charge on any atom is -0.249 e. The van der Waals surface area contributed by atoms with Crippen LogP contribution in [0.1, 0.15) is 10.4 Å². The minimum absolute atomic E-state index is 0.0855. The van der Waals surface area contributed by atoms with Gasteiger partial charge >= 0.3 is 0 Å². The predicted octanol–water partition coefficient (Wildman–Crippen LogP) is 4.09. The van der Waals surface area contributed by atoms with Gasteiger partial charge in [-0.05, 0) is 11.4 Å². The van der Waals surface area contributed by atoms with Crippen LogP contribution in [0.15, 0.2) is 57.8 Å². The Kier molecular flexibility index (Phi) is 2.98. The topological polar surface area (TPSA) is 24.7 Å². The van der Waals surface area contributed by atoms with Crippen molar-refractivity contribution in [3.8, 4) is 0 Å². The average molecular weight is 302 g/mol. The van der Waals surface area contributed by atoms with Crippen molar-refractivity contribution in [3.63, 3.8) is 0 Å². The molecule has 2 aliphatic rings. The van der Waals surface area contributed by atoms with Crippen molar-refractivity contribution in [1.82, 2.24) is 0 Å². The molecule has 94 valence electrons. The zero-order valence-electron chi connectivity index (χ0n) is 9.89. The lowest BCUT2D eigenvalue weighted by molar-refractivity contribution is 0.809. The quantitative estimate of drug-likeness (QED) is 0.834. The summed E-state index contributed by atoms with van der Waals surface area (Å²) in [6.45, 7) is 0. The normalized spacial score (nSPS) is 25.1. The first kappa shape index (κ1) is 11.8. The molecule has 3 heterocycles. The highest BCUT2D eigenvalue weighted by molar-refractivity contribution is 8.31. The summed E-state index contributed by atoms with van der Waals surface area (Å²) >= 11 is 5.43. The fourth-order valence-electron chi connectivity index (χ4n) is 2.06. The average Bonchev–Trinajstić information content (AvgIpc) is 3.14. The molecule has 0 amide bonds. The van der Waals surface area contributed by atoms with Gasteiger partial charge in [0, 0.05) is 5.56 Å². The van der Waals surface area contributed by atoms with Gasteiger partial charge < -0.3 is 0 Å². The second kappa shape index (κ2) is 4.81. The number of benzene rings is 1. The van der Waals surface area contributed by atoms with Crippen molar-refractivity contribution in [2.45, 2.75) is 10.7 Å². The van der Waals surface area contributed by atoms with Crippen LogP contribution in [0.4, 0.5) is 0 Å². The van der Waals surface area contributed by atoms with E-state index in [4.69, 9.17) is 9.98 Å². The number of nitrogens with zero attached hydrogens (tertiary/aromatic N) is 2. The van der Waals surface area contributed by atoms with Crippen molar-refractivity contribution in [3.05, 3.63) is 58.3 Å². The Balaban J connectivity index is 1.62. The van der Waals surface area contributed by atoms with Gasteiger partial charge in [-0.1, -0.05) is 59.9 Å². The molecule has 0 spiro atoms. The molecular weight excluding hydrogens is 292 g/mol. The molecule has 0 N–H and O–H groups in total. The van der Waals surface area contributed by atoms with Crippen LogP contribution in [0.2, 0.25) is 0 Å². The maximum absolute atomic E-state index is 4.76. The molecule has 0 radical (unpaired) electrons. The first-order valence-electron chi connectivity index (χ1n) is 5.98. The van der Waals surface area contributed by atoms with E-state index in [0.717, 1.165) is 10.1 Å². The third-order valence-electron chi connectivity index (χ3n) is 2.95. The van der Waals surface area contributed by atoms with Gasteiger partial charge in [0.2, 0.25) is 0 Å². The van der Waals surface area contributed by atoms with Crippen LogP contribution in [0.3, 0.4) is 0 Å². The molecule has 2 atom stereocenters. The van der Waals surface area contributed by atoms with Gasteiger partial charge in [-0.15, -0.1) is 11.3 Å². The monoisotopic (exact) mass is 302 g/mol. The number of thioether (sulfide) groups is 2. The Morgan fingerprint density at radius 1 is 0.842 bits per heavy atom. The highest BCUT2D eigenvalue weighted by Crippen LogP contribution is 2.44. The van der Waals surface area contributed by atoms with Gasteiger partial charge in [0.05, 0.1) is 4.88 Å². The van der Waals surface area contributed by atoms with E-state index < -0.39 is 0 Å². The summed E-state index contributed by atoms with van der Waals surface area (Å²) in [5, 5.41) is 4.36. The van der Waals surface area contributed by atoms with Crippen LogP contribution < -0.4 is 0 Å². The molecule has 0 unspecified atom stereocenters. The SMILES string of the molecule is c1ccc(C2=N[C@H]3N=C(c4cccs4)S[C@H]3S2)cc1. The van der Waals surface area contributed by atoms with Gasteiger partial charge in [-0.2, -0.15) is 0 Å². The van der Waals surface area contributed by atoms with Gasteiger partial charge in [-0.3, -0.25) is 0 Å². The number of rotatable bonds is 2. The molecule has 1 aromatic heterocycles. The van der Waals surface area contributed by atoms with E-state index in [1.54, 1.807) is 11.3 Å². The lowest BCUT2D eigenvalue weighted by Crippen LogP contribution is -2.03. The first-order chi connectivity index (χ1) is 9.40. The fraction of sp³-hybridized carbons (Fsp3) is 0.143. The summed E-state index contributed by atoms with van der Waals surface area (Å²) < 4.78 is 0.410. The fourth-order valence-corrected chi connectivity index (χ4v) is 5.43. The molecule has 2 aromatic rings. The summed E-state index contributed by atoms with van der Waals surface area (Å²) in [4.78, 5) is 10.8. The van der Waals surface area contributed by atoms with E-state index in [1.807, 2.05) is 29.6 Å². The Labute approximate surface area is 124 Å². The van der Waals surface area contributed by atoms with Crippen molar-refractivity contribution in [2.24, 2.45) is 9.98 Å². The van der Waals surface area contributed by atoms with E-state index in [2.05, 4.69) is 41.8 Å². The molecular formula is C14H10N2S3. The summed E-state index contributed by atoms with van der Waals surface area (Å²) in [6.07, 6.45) is 0.0855. The highest BCUT2D eigenvalue weighted by atomic mass is 32.2. The van der Waals surface area contributed by atoms with Crippen molar-refractivity contribution in [1.29, 1.82) is 0 Å². The predicted molar refractivity (Wildman–Crippen MR) is 86.6 cm³/mol. The maximum atomic E-state index is 4.76. The third-order valence-corrected chi connectivity index (χ3v) is 6.60. The van der Waals surface area contributed by atoms with Gasteiger partial charge in [-0.25, -0.2) is 9.98 Å². The van der Waals surface area contributed by atoms with Crippen molar-refractivity contribution in [2.75, 3.05) is 0 Å². The van der Waals surface area contributed by atoms with Crippen LogP contribution in [-0.2, 0) is 0 Å². The summed E-state index contributed by atoms with van der Waals surface area (Å²) in [5.41, 5.74) is 1.20. The summed E-state index contributed by atoms with van der Waals surface area (Å²) in [6, 6.07) is 14.6. The van der Waals surface area contributed by atoms with E-state index in [9.17, 15) is 0 Å². The molecule has 0 saturated carbocycles. The van der Waals surface area contributed by atoms with E-state index in [1.165, 1.54) is 10.4 Å². The molecule has 0 aliphatic carbocycles. The largest absolute Gasteiger partial charge is 0.249 e. The number of thiophene rings is 1. The number of hydrogen-bond donors (Lipinski definition) is 0. The molecule has 2 nitrogen and oxygen atoms in total. The molecule has 5 heteroatoms. The molecule has 2 aliphatic heterocycles. The lowest BCUT2D eigenvalue weighted by atomic mass is 10.2. The Hall–Kier alpha value is -1.04. The van der Waals surface area contributed by atoms with Crippen LogP contribution in [0.25, 0.3) is 0 Å². The standard InChI is InChI=1S/C14H10N2S3/c1-2-5-9(6-3-1)12-15-11-14(18-12)19-13(16-11)10-7-4-8-17-10/h1-8,11,14H/t11-,14+/m0/s1. The Morgan fingerprint density at radius 2 is 1.63 bits per heavy atom. The van der Waals surface area contributed by atoms with Gasteiger partial charge in [0.15, 0.2) is 6.17 Å². The summed E-state index contributed by atoms with van der Waals surface area (Å²) in [5.74, 6) is 0. The molecule has 0 fully saturated rings. The Bertz CT molecular complexity index is 647. The van der Waals surface area contributed by atoms with E-state index in [0.29, 0.717) is 4.58 Å². The zero-order chi connectivity index (χ0) is 12.7. The molecule has 4 rings (SSSR count). The number of aliphatic imine (C=N–C) groups is 2. The molecule has 0 bridgehead atoms. The number of hydrogen-bond acceptors (Lipinski definition) is 5.